The number of carbonyl (C=O) groups is 2. The van der Waals surface area contributed by atoms with E-state index in [-0.39, 0.29) is 23.9 Å². The molecule has 0 radical (unpaired) electrons. The summed E-state index contributed by atoms with van der Waals surface area (Å²) in [6.07, 6.45) is 4.86. The van der Waals surface area contributed by atoms with Crippen molar-refractivity contribution >= 4 is 28.4 Å². The van der Waals surface area contributed by atoms with E-state index in [1.807, 2.05) is 81.7 Å². The molecule has 0 bridgehead atoms. The van der Waals surface area contributed by atoms with Gasteiger partial charge >= 0.3 is 0 Å². The number of anilines is 1. The summed E-state index contributed by atoms with van der Waals surface area (Å²) in [6, 6.07) is 17.0. The Morgan fingerprint density at radius 3 is 2.66 bits per heavy atom. The van der Waals surface area contributed by atoms with Crippen LogP contribution in [0.25, 0.3) is 22.3 Å². The van der Waals surface area contributed by atoms with Gasteiger partial charge in [-0.2, -0.15) is 5.10 Å². The maximum atomic E-state index is 13.5. The number of carbonyl (C=O) groups excluding carboxylic acids is 2. The number of amides is 2. The van der Waals surface area contributed by atoms with Crippen LogP contribution in [0.3, 0.4) is 0 Å². The van der Waals surface area contributed by atoms with Gasteiger partial charge in [-0.15, -0.1) is 0 Å². The lowest BCUT2D eigenvalue weighted by molar-refractivity contribution is -0.120. The van der Waals surface area contributed by atoms with Crippen LogP contribution in [0, 0.1) is 6.92 Å². The monoisotopic (exact) mass is 510 g/mol. The molecule has 1 fully saturated rings. The Morgan fingerprint density at radius 2 is 1.92 bits per heavy atom. The molecule has 1 saturated heterocycles. The summed E-state index contributed by atoms with van der Waals surface area (Å²) in [6.45, 7) is 4.75. The zero-order valence-electron chi connectivity index (χ0n) is 22.4. The first-order valence-corrected chi connectivity index (χ1v) is 13.1. The molecule has 2 atom stereocenters. The third kappa shape index (κ3) is 5.17. The lowest BCUT2D eigenvalue weighted by Gasteiger charge is -2.28. The number of nitrogens with zero attached hydrogens (tertiary/aromatic N) is 4. The van der Waals surface area contributed by atoms with Gasteiger partial charge in [0.1, 0.15) is 5.69 Å². The Hall–Kier alpha value is -4.04. The highest BCUT2D eigenvalue weighted by Gasteiger charge is 2.25. The highest BCUT2D eigenvalue weighted by atomic mass is 16.2. The summed E-state index contributed by atoms with van der Waals surface area (Å²) >= 11 is 0. The highest BCUT2D eigenvalue weighted by molar-refractivity contribution is 6.00. The third-order valence-electron chi connectivity index (χ3n) is 7.33. The van der Waals surface area contributed by atoms with Crippen LogP contribution in [-0.4, -0.2) is 46.2 Å². The highest BCUT2D eigenvalue weighted by Crippen LogP contribution is 2.29. The predicted molar refractivity (Wildman–Crippen MR) is 150 cm³/mol. The first-order chi connectivity index (χ1) is 18.3. The minimum atomic E-state index is -0.285. The summed E-state index contributed by atoms with van der Waals surface area (Å²) in [7, 11) is 3.65. The van der Waals surface area contributed by atoms with Crippen LogP contribution in [0.1, 0.15) is 53.7 Å². The Labute approximate surface area is 223 Å². The second-order valence-electron chi connectivity index (χ2n) is 10.1. The molecule has 1 aliphatic rings. The molecule has 0 aliphatic carbocycles. The minimum absolute atomic E-state index is 0.0265. The van der Waals surface area contributed by atoms with Gasteiger partial charge in [-0.05, 0) is 74.7 Å². The number of hydrogen-bond donors (Lipinski definition) is 2. The zero-order valence-corrected chi connectivity index (χ0v) is 22.4. The number of pyridine rings is 1. The number of aromatic nitrogens is 3. The number of para-hydroxylation sites is 1. The van der Waals surface area contributed by atoms with E-state index < -0.39 is 0 Å². The second kappa shape index (κ2) is 10.8. The number of hydrogen-bond acceptors (Lipinski definition) is 5. The summed E-state index contributed by atoms with van der Waals surface area (Å²) in [5.74, 6) is -0.160. The average molecular weight is 511 g/mol. The molecule has 2 aromatic carbocycles. The van der Waals surface area contributed by atoms with Crippen molar-refractivity contribution < 1.29 is 9.59 Å². The van der Waals surface area contributed by atoms with E-state index in [9.17, 15) is 9.59 Å². The maximum absolute atomic E-state index is 13.5. The number of rotatable bonds is 6. The van der Waals surface area contributed by atoms with Crippen LogP contribution in [0.2, 0.25) is 0 Å². The predicted octanol–water partition coefficient (Wildman–Crippen LogP) is 4.54. The molecule has 0 saturated carbocycles. The fourth-order valence-electron chi connectivity index (χ4n) is 5.08. The fourth-order valence-corrected chi connectivity index (χ4v) is 5.08. The zero-order chi connectivity index (χ0) is 26.8. The van der Waals surface area contributed by atoms with E-state index in [0.29, 0.717) is 11.3 Å². The third-order valence-corrected chi connectivity index (χ3v) is 7.33. The number of nitrogens with one attached hydrogen (secondary N) is 2. The molecule has 2 aromatic heterocycles. The summed E-state index contributed by atoms with van der Waals surface area (Å²) in [5, 5.41) is 12.0. The van der Waals surface area contributed by atoms with Crippen molar-refractivity contribution in [1.82, 2.24) is 25.4 Å². The lowest BCUT2D eigenvalue weighted by atomic mass is 10.00. The van der Waals surface area contributed by atoms with Crippen molar-refractivity contribution in [3.8, 4) is 11.4 Å². The van der Waals surface area contributed by atoms with Crippen LogP contribution in [0.5, 0.6) is 0 Å². The Bertz CT molecular complexity index is 1490. The van der Waals surface area contributed by atoms with Crippen molar-refractivity contribution in [2.24, 2.45) is 7.05 Å². The van der Waals surface area contributed by atoms with Gasteiger partial charge in [-0.25, -0.2) is 4.98 Å². The van der Waals surface area contributed by atoms with E-state index in [0.717, 1.165) is 59.2 Å². The molecular weight excluding hydrogens is 476 g/mol. The van der Waals surface area contributed by atoms with Crippen LogP contribution >= 0.6 is 0 Å². The van der Waals surface area contributed by atoms with E-state index in [1.54, 1.807) is 16.6 Å². The molecule has 4 aromatic rings. The van der Waals surface area contributed by atoms with Gasteiger partial charge in [0.25, 0.3) is 5.91 Å². The summed E-state index contributed by atoms with van der Waals surface area (Å²) < 4.78 is 1.75. The van der Waals surface area contributed by atoms with Gasteiger partial charge in [0, 0.05) is 36.9 Å². The summed E-state index contributed by atoms with van der Waals surface area (Å²) in [4.78, 5) is 33.0. The molecule has 8 heteroatoms. The molecule has 0 spiro atoms. The number of likely N-dealkylation sites (N-methyl/N-ethyl adjacent to an activating group) is 1. The minimum Gasteiger partial charge on any atom is -0.345 e. The molecule has 3 heterocycles. The fraction of sp³-hybridized carbons (Fsp3) is 0.333. The van der Waals surface area contributed by atoms with Crippen molar-refractivity contribution in [2.75, 3.05) is 18.5 Å². The molecule has 2 N–H and O–H groups in total. The molecule has 5 rings (SSSR count). The maximum Gasteiger partial charge on any atom is 0.252 e. The van der Waals surface area contributed by atoms with E-state index >= 15 is 0 Å². The second-order valence-corrected chi connectivity index (χ2v) is 10.1. The average Bonchev–Trinajstić information content (AvgIpc) is 3.38. The quantitative estimate of drug-likeness (QED) is 0.397. The van der Waals surface area contributed by atoms with Crippen LogP contribution in [-0.2, 0) is 11.8 Å². The topological polar surface area (TPSA) is 92.2 Å². The molecule has 38 heavy (non-hydrogen) atoms. The van der Waals surface area contributed by atoms with Gasteiger partial charge in [0.2, 0.25) is 5.91 Å². The van der Waals surface area contributed by atoms with Crippen LogP contribution < -0.4 is 15.5 Å². The van der Waals surface area contributed by atoms with Crippen LogP contribution in [0.15, 0.2) is 60.8 Å². The normalized spacial score (nSPS) is 16.3. The Kier molecular flexibility index (Phi) is 7.24. The number of aryl methyl sites for hydroxylation is 2. The van der Waals surface area contributed by atoms with Crippen molar-refractivity contribution in [3.05, 3.63) is 77.5 Å². The van der Waals surface area contributed by atoms with Gasteiger partial charge < -0.3 is 15.5 Å². The Balaban J connectivity index is 1.41. The lowest BCUT2D eigenvalue weighted by Crippen LogP contribution is -2.47. The van der Waals surface area contributed by atoms with E-state index in [4.69, 9.17) is 4.98 Å². The van der Waals surface area contributed by atoms with Crippen LogP contribution in [0.4, 0.5) is 5.69 Å². The van der Waals surface area contributed by atoms with Gasteiger partial charge in [0.05, 0.1) is 23.3 Å². The van der Waals surface area contributed by atoms with Crippen molar-refractivity contribution in [1.29, 1.82) is 0 Å². The number of benzene rings is 2. The molecule has 1 aliphatic heterocycles. The Morgan fingerprint density at radius 1 is 1.11 bits per heavy atom. The molecule has 2 amide bonds. The molecule has 1 unspecified atom stereocenters. The smallest absolute Gasteiger partial charge is 0.252 e. The SMILES string of the molecule is Cc1ccc(N(C)C(=O)C2CCCCN2)cc1C(=O)N[C@H](C)c1cc(-c2ccn(C)n2)nc2ccccc12. The largest absolute Gasteiger partial charge is 0.345 e. The molecular formula is C30H34N6O2. The first-order valence-electron chi connectivity index (χ1n) is 13.1. The first kappa shape index (κ1) is 25.6. The van der Waals surface area contributed by atoms with Gasteiger partial charge in [0.15, 0.2) is 0 Å². The molecule has 8 nitrogen and oxygen atoms in total. The number of piperidine rings is 1. The molecule has 196 valence electrons. The van der Waals surface area contributed by atoms with Crippen molar-refractivity contribution in [2.45, 2.75) is 45.2 Å². The van der Waals surface area contributed by atoms with Crippen molar-refractivity contribution in [3.63, 3.8) is 0 Å². The number of fused-ring (bicyclic) bond motifs is 1. The van der Waals surface area contributed by atoms with E-state index in [1.165, 1.54) is 0 Å². The summed E-state index contributed by atoms with van der Waals surface area (Å²) in [5.41, 5.74) is 5.46. The van der Waals surface area contributed by atoms with Gasteiger partial charge in [-0.1, -0.05) is 30.7 Å². The van der Waals surface area contributed by atoms with Gasteiger partial charge in [-0.3, -0.25) is 14.3 Å². The van der Waals surface area contributed by atoms with E-state index in [2.05, 4.69) is 15.7 Å². The standard InChI is InChI=1S/C30H34N6O2/c1-19-12-13-21(36(4)30(38)27-11-7-8-15-31-27)17-23(19)29(37)32-20(2)24-18-28(26-14-16-35(3)34-26)33-25-10-6-5-9-22(24)25/h5-6,9-10,12-14,16-18,20,27,31H,7-8,11,15H2,1-4H3,(H,32,37)/t20-,27?/m1/s1.